The lowest BCUT2D eigenvalue weighted by atomic mass is 9.92. The van der Waals surface area contributed by atoms with E-state index in [1.165, 1.54) is 7.11 Å². The normalized spacial score (nSPS) is 15.2. The van der Waals surface area contributed by atoms with Crippen LogP contribution in [0, 0.1) is 0 Å². The van der Waals surface area contributed by atoms with Gasteiger partial charge in [-0.05, 0) is 18.9 Å². The molecule has 5 nitrogen and oxygen atoms in total. The van der Waals surface area contributed by atoms with Crippen molar-refractivity contribution < 1.29 is 14.3 Å². The van der Waals surface area contributed by atoms with Gasteiger partial charge in [-0.15, -0.1) is 0 Å². The Bertz CT molecular complexity index is 443. The second-order valence-corrected chi connectivity index (χ2v) is 4.53. The van der Waals surface area contributed by atoms with Gasteiger partial charge in [-0.25, -0.2) is 4.79 Å². The molecule has 0 radical (unpaired) electrons. The molecule has 0 heterocycles. The molecular formula is C14H20N2O3. The van der Waals surface area contributed by atoms with Crippen molar-refractivity contribution >= 4 is 11.9 Å². The van der Waals surface area contributed by atoms with Crippen LogP contribution in [0.25, 0.3) is 0 Å². The molecule has 0 aliphatic heterocycles. The monoisotopic (exact) mass is 264 g/mol. The minimum absolute atomic E-state index is 0.407. The molecule has 0 saturated carbocycles. The zero-order chi connectivity index (χ0) is 14.5. The second kappa shape index (κ2) is 6.33. The summed E-state index contributed by atoms with van der Waals surface area (Å²) in [4.78, 5) is 23.7. The van der Waals surface area contributed by atoms with E-state index >= 15 is 0 Å². The van der Waals surface area contributed by atoms with Crippen LogP contribution < -0.4 is 11.1 Å². The van der Waals surface area contributed by atoms with Crippen molar-refractivity contribution in [3.8, 4) is 0 Å². The van der Waals surface area contributed by atoms with Crippen molar-refractivity contribution in [2.24, 2.45) is 5.73 Å². The number of methoxy groups -OCH3 is 1. The Hall–Kier alpha value is -1.88. The van der Waals surface area contributed by atoms with Gasteiger partial charge in [0.25, 0.3) is 0 Å². The fraction of sp³-hybridized carbons (Fsp3) is 0.429. The van der Waals surface area contributed by atoms with Gasteiger partial charge in [-0.2, -0.15) is 0 Å². The minimum atomic E-state index is -1.19. The quantitative estimate of drug-likeness (QED) is 0.775. The summed E-state index contributed by atoms with van der Waals surface area (Å²) in [5.41, 5.74) is 5.56. The first-order chi connectivity index (χ1) is 8.93. The lowest BCUT2D eigenvalue weighted by molar-refractivity contribution is -0.145. The zero-order valence-electron chi connectivity index (χ0n) is 11.5. The van der Waals surface area contributed by atoms with Crippen LogP contribution in [0.15, 0.2) is 30.3 Å². The summed E-state index contributed by atoms with van der Waals surface area (Å²) in [5, 5.41) is 2.62. The fourth-order valence-corrected chi connectivity index (χ4v) is 1.69. The van der Waals surface area contributed by atoms with E-state index in [-0.39, 0.29) is 0 Å². The summed E-state index contributed by atoms with van der Waals surface area (Å²) in [6.45, 7) is 3.40. The van der Waals surface area contributed by atoms with E-state index in [1.54, 1.807) is 26.0 Å². The van der Waals surface area contributed by atoms with Gasteiger partial charge in [0.1, 0.15) is 11.6 Å². The van der Waals surface area contributed by atoms with E-state index in [2.05, 4.69) is 10.1 Å². The Morgan fingerprint density at radius 2 is 1.95 bits per heavy atom. The topological polar surface area (TPSA) is 81.4 Å². The molecule has 104 valence electrons. The number of hydrogen-bond acceptors (Lipinski definition) is 4. The second-order valence-electron chi connectivity index (χ2n) is 4.53. The third kappa shape index (κ3) is 3.54. The standard InChI is InChI=1S/C14H20N2O3/c1-4-11(12(17)19-3)16-13(18)14(2,15)10-8-6-5-7-9-10/h5-9,11H,4,15H2,1-3H3,(H,16,18). The molecule has 2 atom stereocenters. The van der Waals surface area contributed by atoms with Gasteiger partial charge in [0, 0.05) is 0 Å². The number of amides is 1. The van der Waals surface area contributed by atoms with Crippen LogP contribution in [0.5, 0.6) is 0 Å². The van der Waals surface area contributed by atoms with Crippen molar-refractivity contribution in [3.05, 3.63) is 35.9 Å². The first kappa shape index (κ1) is 15.2. The number of nitrogens with one attached hydrogen (secondary N) is 1. The molecule has 1 rings (SSSR count). The summed E-state index contributed by atoms with van der Waals surface area (Å²) in [5.74, 6) is -0.879. The molecule has 0 saturated heterocycles. The predicted octanol–water partition coefficient (Wildman–Crippen LogP) is 0.928. The number of benzene rings is 1. The molecule has 1 aromatic rings. The average Bonchev–Trinajstić information content (AvgIpc) is 2.44. The maximum Gasteiger partial charge on any atom is 0.328 e. The van der Waals surface area contributed by atoms with Crippen LogP contribution >= 0.6 is 0 Å². The number of ether oxygens (including phenoxy) is 1. The molecule has 0 aromatic heterocycles. The molecule has 0 aliphatic carbocycles. The van der Waals surface area contributed by atoms with Crippen LogP contribution in [0.2, 0.25) is 0 Å². The molecule has 19 heavy (non-hydrogen) atoms. The third-order valence-corrected chi connectivity index (χ3v) is 3.04. The highest BCUT2D eigenvalue weighted by molar-refractivity contribution is 5.90. The van der Waals surface area contributed by atoms with E-state index < -0.39 is 23.5 Å². The Kier molecular flexibility index (Phi) is 5.06. The average molecular weight is 264 g/mol. The molecule has 0 bridgehead atoms. The number of carbonyl (C=O) groups is 2. The van der Waals surface area contributed by atoms with Gasteiger partial charge >= 0.3 is 5.97 Å². The maximum absolute atomic E-state index is 12.2. The number of hydrogen-bond donors (Lipinski definition) is 2. The Balaban J connectivity index is 2.85. The molecule has 2 unspecified atom stereocenters. The molecule has 0 spiro atoms. The molecule has 1 amide bonds. The van der Waals surface area contributed by atoms with Gasteiger partial charge < -0.3 is 15.8 Å². The highest BCUT2D eigenvalue weighted by atomic mass is 16.5. The highest BCUT2D eigenvalue weighted by Crippen LogP contribution is 2.17. The van der Waals surface area contributed by atoms with Gasteiger partial charge in [0.15, 0.2) is 0 Å². The molecule has 0 aliphatic rings. The third-order valence-electron chi connectivity index (χ3n) is 3.04. The van der Waals surface area contributed by atoms with E-state index in [1.807, 2.05) is 18.2 Å². The van der Waals surface area contributed by atoms with Crippen LogP contribution in [-0.2, 0) is 19.9 Å². The van der Waals surface area contributed by atoms with Crippen molar-refractivity contribution in [1.82, 2.24) is 5.32 Å². The van der Waals surface area contributed by atoms with E-state index in [0.717, 1.165) is 0 Å². The van der Waals surface area contributed by atoms with Crippen LogP contribution in [-0.4, -0.2) is 25.0 Å². The first-order valence-electron chi connectivity index (χ1n) is 6.16. The lowest BCUT2D eigenvalue weighted by Gasteiger charge is -2.26. The zero-order valence-corrected chi connectivity index (χ0v) is 11.5. The Morgan fingerprint density at radius 3 is 2.42 bits per heavy atom. The van der Waals surface area contributed by atoms with Crippen molar-refractivity contribution in [2.75, 3.05) is 7.11 Å². The number of carbonyl (C=O) groups excluding carboxylic acids is 2. The van der Waals surface area contributed by atoms with Gasteiger partial charge in [-0.3, -0.25) is 4.79 Å². The molecule has 0 fully saturated rings. The van der Waals surface area contributed by atoms with Crippen molar-refractivity contribution in [3.63, 3.8) is 0 Å². The summed E-state index contributed by atoms with van der Waals surface area (Å²) in [6.07, 6.45) is 0.448. The van der Waals surface area contributed by atoms with Crippen LogP contribution in [0.3, 0.4) is 0 Å². The summed E-state index contributed by atoms with van der Waals surface area (Å²) < 4.78 is 4.63. The first-order valence-corrected chi connectivity index (χ1v) is 6.16. The summed E-state index contributed by atoms with van der Waals surface area (Å²) in [6, 6.07) is 8.35. The largest absolute Gasteiger partial charge is 0.467 e. The lowest BCUT2D eigenvalue weighted by Crippen LogP contribution is -2.53. The van der Waals surface area contributed by atoms with Crippen LogP contribution in [0.4, 0.5) is 0 Å². The van der Waals surface area contributed by atoms with E-state index in [0.29, 0.717) is 12.0 Å². The van der Waals surface area contributed by atoms with Gasteiger partial charge in [0.05, 0.1) is 7.11 Å². The number of esters is 1. The van der Waals surface area contributed by atoms with Crippen molar-refractivity contribution in [2.45, 2.75) is 31.8 Å². The maximum atomic E-state index is 12.2. The number of nitrogens with two attached hydrogens (primary N) is 1. The summed E-state index contributed by atoms with van der Waals surface area (Å²) in [7, 11) is 1.29. The van der Waals surface area contributed by atoms with Crippen molar-refractivity contribution in [1.29, 1.82) is 0 Å². The fourth-order valence-electron chi connectivity index (χ4n) is 1.69. The molecule has 1 aromatic carbocycles. The van der Waals surface area contributed by atoms with E-state index in [4.69, 9.17) is 5.73 Å². The van der Waals surface area contributed by atoms with Gasteiger partial charge in [0.2, 0.25) is 5.91 Å². The molecular weight excluding hydrogens is 244 g/mol. The van der Waals surface area contributed by atoms with Gasteiger partial charge in [-0.1, -0.05) is 37.3 Å². The highest BCUT2D eigenvalue weighted by Gasteiger charge is 2.33. The SMILES string of the molecule is CCC(NC(=O)C(C)(N)c1ccccc1)C(=O)OC. The van der Waals surface area contributed by atoms with Crippen LogP contribution in [0.1, 0.15) is 25.8 Å². The number of rotatable bonds is 5. The summed E-state index contributed by atoms with van der Waals surface area (Å²) >= 11 is 0. The molecule has 5 heteroatoms. The Morgan fingerprint density at radius 1 is 1.37 bits per heavy atom. The van der Waals surface area contributed by atoms with E-state index in [9.17, 15) is 9.59 Å². The smallest absolute Gasteiger partial charge is 0.328 e. The predicted molar refractivity (Wildman–Crippen MR) is 72.2 cm³/mol. The minimum Gasteiger partial charge on any atom is -0.467 e. The Labute approximate surface area is 113 Å². The molecule has 3 N–H and O–H groups in total.